The third kappa shape index (κ3) is 8.22. The number of rotatable bonds is 10. The summed E-state index contributed by atoms with van der Waals surface area (Å²) in [6.07, 6.45) is -6.42. The lowest BCUT2D eigenvalue weighted by Gasteiger charge is -2.44. The van der Waals surface area contributed by atoms with Gasteiger partial charge in [-0.1, -0.05) is 0 Å². The molecular formula is C18H28O12. The van der Waals surface area contributed by atoms with Crippen molar-refractivity contribution in [3.63, 3.8) is 0 Å². The Balaban J connectivity index is 3.25. The maximum absolute atomic E-state index is 11.7. The molecular weight excluding hydrogens is 408 g/mol. The highest BCUT2D eigenvalue weighted by atomic mass is 16.7. The summed E-state index contributed by atoms with van der Waals surface area (Å²) in [5.41, 5.74) is 0. The van der Waals surface area contributed by atoms with E-state index in [1.807, 2.05) is 0 Å². The van der Waals surface area contributed by atoms with Crippen LogP contribution in [0.25, 0.3) is 0 Å². The van der Waals surface area contributed by atoms with Crippen molar-refractivity contribution in [3.05, 3.63) is 0 Å². The average molecular weight is 436 g/mol. The van der Waals surface area contributed by atoms with E-state index in [9.17, 15) is 29.4 Å². The summed E-state index contributed by atoms with van der Waals surface area (Å²) in [6, 6.07) is 0. The zero-order chi connectivity index (χ0) is 22.8. The molecule has 0 aromatic heterocycles. The second-order valence-electron chi connectivity index (χ2n) is 6.63. The van der Waals surface area contributed by atoms with E-state index in [-0.39, 0.29) is 26.4 Å². The minimum absolute atomic E-state index is 0.194. The summed E-state index contributed by atoms with van der Waals surface area (Å²) in [4.78, 5) is 46.2. The van der Waals surface area contributed by atoms with Crippen molar-refractivity contribution in [1.82, 2.24) is 0 Å². The van der Waals surface area contributed by atoms with Crippen LogP contribution in [-0.2, 0) is 47.6 Å². The fourth-order valence-electron chi connectivity index (χ4n) is 2.72. The Morgan fingerprint density at radius 3 is 1.77 bits per heavy atom. The molecule has 0 aliphatic carbocycles. The van der Waals surface area contributed by atoms with Gasteiger partial charge in [0.05, 0.1) is 19.8 Å². The highest BCUT2D eigenvalue weighted by Crippen LogP contribution is 2.30. The van der Waals surface area contributed by atoms with Crippen molar-refractivity contribution in [1.29, 1.82) is 0 Å². The minimum atomic E-state index is -1.35. The molecule has 0 spiro atoms. The van der Waals surface area contributed by atoms with E-state index >= 15 is 0 Å². The van der Waals surface area contributed by atoms with Gasteiger partial charge in [0.15, 0.2) is 24.6 Å². The molecule has 0 bridgehead atoms. The molecule has 1 heterocycles. The number of aliphatic hydroxyl groups excluding tert-OH is 2. The molecule has 12 heteroatoms. The first-order valence-electron chi connectivity index (χ1n) is 9.22. The van der Waals surface area contributed by atoms with Crippen molar-refractivity contribution < 1.29 is 57.8 Å². The highest BCUT2D eigenvalue weighted by Gasteiger charge is 2.52. The van der Waals surface area contributed by atoms with Crippen LogP contribution in [0.15, 0.2) is 0 Å². The first kappa shape index (κ1) is 25.8. The Labute approximate surface area is 173 Å². The molecule has 1 saturated heterocycles. The molecule has 2 N–H and O–H groups in total. The Bertz CT molecular complexity index is 602. The zero-order valence-electron chi connectivity index (χ0n) is 17.3. The van der Waals surface area contributed by atoms with Gasteiger partial charge in [0, 0.05) is 33.6 Å². The monoisotopic (exact) mass is 436 g/mol. The van der Waals surface area contributed by atoms with Crippen LogP contribution in [0.4, 0.5) is 0 Å². The van der Waals surface area contributed by atoms with Gasteiger partial charge in [-0.15, -0.1) is 0 Å². The summed E-state index contributed by atoms with van der Waals surface area (Å²) in [5, 5.41) is 18.5. The SMILES string of the molecule is CC(=O)OC[C@H]1O[C@@H](OCC(CO)CO)[C@H](OC(C)=O)[C@@H](OC(C)=O)[C@H]1OC(C)=O. The topological polar surface area (TPSA) is 164 Å². The van der Waals surface area contributed by atoms with E-state index in [0.717, 1.165) is 27.7 Å². The third-order valence-electron chi connectivity index (χ3n) is 3.96. The molecule has 1 aliphatic rings. The molecule has 1 aliphatic heterocycles. The Morgan fingerprint density at radius 1 is 0.800 bits per heavy atom. The van der Waals surface area contributed by atoms with Gasteiger partial charge in [-0.2, -0.15) is 0 Å². The predicted molar refractivity (Wildman–Crippen MR) is 95.6 cm³/mol. The third-order valence-corrected chi connectivity index (χ3v) is 3.96. The van der Waals surface area contributed by atoms with Crippen LogP contribution in [0.3, 0.4) is 0 Å². The summed E-state index contributed by atoms with van der Waals surface area (Å²) in [6.45, 7) is 3.15. The molecule has 12 nitrogen and oxygen atoms in total. The lowest BCUT2D eigenvalue weighted by atomic mass is 9.98. The maximum atomic E-state index is 11.7. The molecule has 0 unspecified atom stereocenters. The van der Waals surface area contributed by atoms with Crippen LogP contribution in [0.1, 0.15) is 27.7 Å². The van der Waals surface area contributed by atoms with Gasteiger partial charge in [-0.05, 0) is 0 Å². The molecule has 1 fully saturated rings. The fourth-order valence-corrected chi connectivity index (χ4v) is 2.72. The molecule has 0 aromatic carbocycles. The number of hydrogen-bond donors (Lipinski definition) is 2. The molecule has 0 aromatic rings. The zero-order valence-corrected chi connectivity index (χ0v) is 17.3. The normalized spacial score (nSPS) is 26.0. The smallest absolute Gasteiger partial charge is 0.303 e. The first-order valence-corrected chi connectivity index (χ1v) is 9.22. The van der Waals surface area contributed by atoms with Crippen LogP contribution in [-0.4, -0.2) is 91.2 Å². The van der Waals surface area contributed by atoms with Crippen LogP contribution in [0.5, 0.6) is 0 Å². The van der Waals surface area contributed by atoms with Crippen molar-refractivity contribution in [3.8, 4) is 0 Å². The number of aliphatic hydroxyl groups is 2. The van der Waals surface area contributed by atoms with Gasteiger partial charge >= 0.3 is 23.9 Å². The van der Waals surface area contributed by atoms with Gasteiger partial charge in [0.1, 0.15) is 12.7 Å². The number of carbonyl (C=O) groups is 4. The van der Waals surface area contributed by atoms with Crippen molar-refractivity contribution in [2.45, 2.75) is 58.4 Å². The van der Waals surface area contributed by atoms with Crippen molar-refractivity contribution >= 4 is 23.9 Å². The van der Waals surface area contributed by atoms with E-state index in [1.165, 1.54) is 0 Å². The lowest BCUT2D eigenvalue weighted by molar-refractivity contribution is -0.310. The second kappa shape index (κ2) is 12.4. The summed E-state index contributed by atoms with van der Waals surface area (Å²) in [5.74, 6) is -3.54. The number of ether oxygens (including phenoxy) is 6. The van der Waals surface area contributed by atoms with Gasteiger partial charge in [-0.25, -0.2) is 0 Å². The molecule has 30 heavy (non-hydrogen) atoms. The van der Waals surface area contributed by atoms with Crippen LogP contribution < -0.4 is 0 Å². The Hall–Kier alpha value is -2.28. The van der Waals surface area contributed by atoms with Gasteiger partial charge in [0.2, 0.25) is 0 Å². The van der Waals surface area contributed by atoms with E-state index in [4.69, 9.17) is 28.4 Å². The molecule has 0 amide bonds. The van der Waals surface area contributed by atoms with E-state index < -0.39 is 60.5 Å². The standard InChI is InChI=1S/C18H28O12/c1-9(21)25-8-14-15(27-10(2)22)16(28-11(3)23)17(29-12(4)24)18(30-14)26-7-13(5-19)6-20/h13-20H,5-8H2,1-4H3/t14-,15+,16+,17-,18-/m1/s1. The van der Waals surface area contributed by atoms with E-state index in [2.05, 4.69) is 0 Å². The van der Waals surface area contributed by atoms with Gasteiger partial charge in [-0.3, -0.25) is 19.2 Å². The molecule has 0 saturated carbocycles. The van der Waals surface area contributed by atoms with Gasteiger partial charge < -0.3 is 38.6 Å². The lowest BCUT2D eigenvalue weighted by Crippen LogP contribution is -2.63. The number of esters is 4. The summed E-state index contributed by atoms with van der Waals surface area (Å²) < 4.78 is 31.9. The first-order chi connectivity index (χ1) is 14.1. The Morgan fingerprint density at radius 2 is 1.30 bits per heavy atom. The van der Waals surface area contributed by atoms with E-state index in [0.29, 0.717) is 0 Å². The molecule has 172 valence electrons. The van der Waals surface area contributed by atoms with Crippen LogP contribution in [0.2, 0.25) is 0 Å². The summed E-state index contributed by atoms with van der Waals surface area (Å²) >= 11 is 0. The number of hydrogen-bond acceptors (Lipinski definition) is 12. The van der Waals surface area contributed by atoms with Crippen molar-refractivity contribution in [2.24, 2.45) is 5.92 Å². The minimum Gasteiger partial charge on any atom is -0.463 e. The number of carbonyl (C=O) groups excluding carboxylic acids is 4. The average Bonchev–Trinajstić information content (AvgIpc) is 2.64. The Kier molecular flexibility index (Phi) is 10.7. The quantitative estimate of drug-likeness (QED) is 0.307. The van der Waals surface area contributed by atoms with Crippen LogP contribution in [0, 0.1) is 5.92 Å². The second-order valence-corrected chi connectivity index (χ2v) is 6.63. The molecule has 5 atom stereocenters. The fraction of sp³-hybridized carbons (Fsp3) is 0.778. The highest BCUT2D eigenvalue weighted by molar-refractivity contribution is 5.68. The maximum Gasteiger partial charge on any atom is 0.303 e. The largest absolute Gasteiger partial charge is 0.463 e. The van der Waals surface area contributed by atoms with Crippen LogP contribution >= 0.6 is 0 Å². The predicted octanol–water partition coefficient (Wildman–Crippen LogP) is -1.31. The molecule has 1 rings (SSSR count). The molecule has 0 radical (unpaired) electrons. The summed E-state index contributed by atoms with van der Waals surface area (Å²) in [7, 11) is 0. The van der Waals surface area contributed by atoms with Crippen molar-refractivity contribution in [2.75, 3.05) is 26.4 Å². The van der Waals surface area contributed by atoms with Gasteiger partial charge in [0.25, 0.3) is 0 Å². The van der Waals surface area contributed by atoms with E-state index in [1.54, 1.807) is 0 Å².